The van der Waals surface area contributed by atoms with Crippen molar-refractivity contribution in [2.24, 2.45) is 0 Å². The molecule has 2 aliphatic rings. The summed E-state index contributed by atoms with van der Waals surface area (Å²) in [4.78, 5) is 39.1. The van der Waals surface area contributed by atoms with Crippen molar-refractivity contribution in [1.82, 2.24) is 10.2 Å². The highest BCUT2D eigenvalue weighted by Crippen LogP contribution is 2.42. The Morgan fingerprint density at radius 3 is 2.67 bits per heavy atom. The number of carbonyl (C=O) groups is 2. The van der Waals surface area contributed by atoms with Gasteiger partial charge in [0.05, 0.1) is 36.2 Å². The van der Waals surface area contributed by atoms with Gasteiger partial charge in [-0.15, -0.1) is 0 Å². The minimum atomic E-state index is -1.25. The number of rotatable bonds is 8. The third-order valence-electron chi connectivity index (χ3n) is 5.45. The number of allylic oxidation sites excluding steroid dienone is 1. The van der Waals surface area contributed by atoms with E-state index in [1.807, 2.05) is 0 Å². The number of aliphatic hydroxyl groups is 1. The van der Waals surface area contributed by atoms with Gasteiger partial charge in [-0.25, -0.2) is 4.79 Å². The minimum Gasteiger partial charge on any atom is -0.481 e. The molecule has 3 rings (SSSR count). The number of nitro benzene ring substituents is 1. The minimum absolute atomic E-state index is 0.00729. The normalized spacial score (nSPS) is 20.8. The third kappa shape index (κ3) is 5.49. The van der Waals surface area contributed by atoms with E-state index in [4.69, 9.17) is 14.2 Å². The molecule has 0 aliphatic carbocycles. The van der Waals surface area contributed by atoms with Crippen molar-refractivity contribution in [2.75, 3.05) is 46.1 Å². The second-order valence-corrected chi connectivity index (χ2v) is 7.48. The lowest BCUT2D eigenvalue weighted by Gasteiger charge is -2.29. The molecule has 0 radical (unpaired) electrons. The molecule has 2 aliphatic heterocycles. The van der Waals surface area contributed by atoms with Crippen LogP contribution >= 0.6 is 0 Å². The molecule has 11 heteroatoms. The van der Waals surface area contributed by atoms with Gasteiger partial charge >= 0.3 is 5.97 Å². The molecule has 11 nitrogen and oxygen atoms in total. The van der Waals surface area contributed by atoms with Gasteiger partial charge < -0.3 is 24.6 Å². The van der Waals surface area contributed by atoms with Crippen LogP contribution in [0.2, 0.25) is 0 Å². The summed E-state index contributed by atoms with van der Waals surface area (Å²) in [6.07, 6.45) is 0. The summed E-state index contributed by atoms with van der Waals surface area (Å²) in [5.74, 6) is -3.41. The van der Waals surface area contributed by atoms with Crippen molar-refractivity contribution in [3.8, 4) is 0 Å². The molecular weight excluding hydrogens is 434 g/mol. The molecule has 1 aromatic carbocycles. The Bertz CT molecular complexity index is 982. The van der Waals surface area contributed by atoms with Gasteiger partial charge in [-0.2, -0.15) is 0 Å². The molecule has 2 N–H and O–H groups in total. The first kappa shape index (κ1) is 24.2. The summed E-state index contributed by atoms with van der Waals surface area (Å²) >= 11 is 0. The topological polar surface area (TPSA) is 140 Å². The van der Waals surface area contributed by atoms with Crippen LogP contribution in [-0.4, -0.2) is 72.9 Å². The molecule has 0 saturated carbocycles. The van der Waals surface area contributed by atoms with Gasteiger partial charge in [0.15, 0.2) is 0 Å². The van der Waals surface area contributed by atoms with Gasteiger partial charge in [0.2, 0.25) is 0 Å². The van der Waals surface area contributed by atoms with Crippen molar-refractivity contribution >= 4 is 17.6 Å². The summed E-state index contributed by atoms with van der Waals surface area (Å²) in [5.41, 5.74) is -0.347. The molecule has 178 valence electrons. The van der Waals surface area contributed by atoms with Gasteiger partial charge in [-0.3, -0.25) is 19.8 Å². The van der Waals surface area contributed by atoms with Crippen molar-refractivity contribution < 1.29 is 33.8 Å². The van der Waals surface area contributed by atoms with E-state index >= 15 is 0 Å². The number of benzene rings is 1. The highest BCUT2D eigenvalue weighted by Gasteiger charge is 2.42. The maximum Gasteiger partial charge on any atom is 0.336 e. The van der Waals surface area contributed by atoms with E-state index in [-0.39, 0.29) is 41.3 Å². The van der Waals surface area contributed by atoms with Crippen LogP contribution in [-0.2, 0) is 23.8 Å². The molecule has 2 heterocycles. The molecule has 1 fully saturated rings. The van der Waals surface area contributed by atoms with Gasteiger partial charge in [0.25, 0.3) is 17.5 Å². The molecule has 1 saturated heterocycles. The molecule has 0 aromatic heterocycles. The first-order chi connectivity index (χ1) is 15.8. The van der Waals surface area contributed by atoms with E-state index in [2.05, 4.69) is 10.2 Å². The second kappa shape index (κ2) is 10.9. The number of carbonyl (C=O) groups excluding carboxylic acids is 2. The first-order valence-corrected chi connectivity index (χ1v) is 10.6. The number of morpholine rings is 1. The molecular formula is C22H27N3O8. The van der Waals surface area contributed by atoms with Crippen LogP contribution in [0.1, 0.15) is 25.3 Å². The molecule has 1 atom stereocenters. The molecule has 0 bridgehead atoms. The Morgan fingerprint density at radius 1 is 1.30 bits per heavy atom. The number of para-hydroxylation sites is 1. The Balaban J connectivity index is 1.99. The molecule has 0 spiro atoms. The molecule has 33 heavy (non-hydrogen) atoms. The second-order valence-electron chi connectivity index (χ2n) is 7.48. The van der Waals surface area contributed by atoms with Gasteiger partial charge in [0, 0.05) is 37.0 Å². The van der Waals surface area contributed by atoms with Crippen LogP contribution in [0.5, 0.6) is 0 Å². The highest BCUT2D eigenvalue weighted by molar-refractivity contribution is 6.05. The van der Waals surface area contributed by atoms with E-state index in [0.717, 1.165) is 13.1 Å². The van der Waals surface area contributed by atoms with Crippen LogP contribution in [0, 0.1) is 10.1 Å². The smallest absolute Gasteiger partial charge is 0.336 e. The zero-order chi connectivity index (χ0) is 24.0. The number of amides is 1. The maximum atomic E-state index is 13.2. The fraction of sp³-hybridized carbons (Fsp3) is 0.455. The number of nitro groups is 1. The lowest BCUT2D eigenvalue weighted by molar-refractivity contribution is -0.385. The first-order valence-electron chi connectivity index (χ1n) is 10.6. The van der Waals surface area contributed by atoms with Gasteiger partial charge in [-0.05, 0) is 13.8 Å². The summed E-state index contributed by atoms with van der Waals surface area (Å²) in [6, 6.07) is 5.75. The predicted molar refractivity (Wildman–Crippen MR) is 116 cm³/mol. The van der Waals surface area contributed by atoms with Crippen LogP contribution < -0.4 is 5.32 Å². The number of esters is 1. The standard InChI is InChI=1S/C22H27N3O8/c1-3-32-22(28)19-18(15-6-4-5-7-16(15)25(29)30)17(14(2)23-20(19)26)21(27)33-13-10-24-8-11-31-12-9-24/h4-7,18,28H,3,8-13H2,1-2H3,(H,23,26). The van der Waals surface area contributed by atoms with Gasteiger partial charge in [0.1, 0.15) is 12.2 Å². The van der Waals surface area contributed by atoms with E-state index < -0.39 is 28.7 Å². The zero-order valence-corrected chi connectivity index (χ0v) is 18.5. The highest BCUT2D eigenvalue weighted by atomic mass is 16.6. The molecule has 1 unspecified atom stereocenters. The average Bonchev–Trinajstić information content (AvgIpc) is 2.79. The maximum absolute atomic E-state index is 13.2. The lowest BCUT2D eigenvalue weighted by atomic mass is 9.80. The number of hydrogen-bond donors (Lipinski definition) is 2. The van der Waals surface area contributed by atoms with Crippen molar-refractivity contribution in [3.63, 3.8) is 0 Å². The van der Waals surface area contributed by atoms with Crippen LogP contribution in [0.3, 0.4) is 0 Å². The van der Waals surface area contributed by atoms with Crippen molar-refractivity contribution in [3.05, 3.63) is 62.7 Å². The lowest BCUT2D eigenvalue weighted by Crippen LogP contribution is -2.40. The Labute approximate surface area is 190 Å². The fourth-order valence-corrected chi connectivity index (χ4v) is 3.88. The average molecular weight is 461 g/mol. The van der Waals surface area contributed by atoms with Crippen LogP contribution in [0.15, 0.2) is 47.1 Å². The number of hydrogen-bond acceptors (Lipinski definition) is 9. The van der Waals surface area contributed by atoms with Crippen LogP contribution in [0.25, 0.3) is 0 Å². The zero-order valence-electron chi connectivity index (χ0n) is 18.5. The largest absolute Gasteiger partial charge is 0.481 e. The monoisotopic (exact) mass is 461 g/mol. The van der Waals surface area contributed by atoms with Gasteiger partial charge in [-0.1, -0.05) is 18.2 Å². The van der Waals surface area contributed by atoms with E-state index in [1.165, 1.54) is 25.1 Å². The molecule has 1 aromatic rings. The number of nitrogens with zero attached hydrogens (tertiary/aromatic N) is 2. The SMILES string of the molecule is CCOC(O)=C1C(=O)NC(C)=C(C(=O)OCCN2CCOCC2)C1c1ccccc1[N+](=O)[O-]. The van der Waals surface area contributed by atoms with Crippen LogP contribution in [0.4, 0.5) is 5.69 Å². The quantitative estimate of drug-likeness (QED) is 0.195. The van der Waals surface area contributed by atoms with Crippen molar-refractivity contribution in [1.29, 1.82) is 0 Å². The summed E-state index contributed by atoms with van der Waals surface area (Å²) in [5, 5.41) is 24.7. The summed E-state index contributed by atoms with van der Waals surface area (Å²) in [6.45, 7) is 6.41. The Morgan fingerprint density at radius 2 is 2.00 bits per heavy atom. The summed E-state index contributed by atoms with van der Waals surface area (Å²) in [7, 11) is 0. The van der Waals surface area contributed by atoms with E-state index in [9.17, 15) is 24.8 Å². The third-order valence-corrected chi connectivity index (χ3v) is 5.45. The number of nitrogens with one attached hydrogen (secondary N) is 1. The van der Waals surface area contributed by atoms with Crippen molar-refractivity contribution in [2.45, 2.75) is 19.8 Å². The fourth-order valence-electron chi connectivity index (χ4n) is 3.88. The predicted octanol–water partition coefficient (Wildman–Crippen LogP) is 1.76. The number of aliphatic hydroxyl groups excluding tert-OH is 1. The molecule has 1 amide bonds. The Kier molecular flexibility index (Phi) is 8.01. The summed E-state index contributed by atoms with van der Waals surface area (Å²) < 4.78 is 15.9. The Hall–Kier alpha value is -3.44. The van der Waals surface area contributed by atoms with E-state index in [0.29, 0.717) is 19.8 Å². The number of ether oxygens (including phenoxy) is 3. The van der Waals surface area contributed by atoms with E-state index in [1.54, 1.807) is 13.0 Å².